The number of anilines is 4. The van der Waals surface area contributed by atoms with Gasteiger partial charge in [0, 0.05) is 11.4 Å². The van der Waals surface area contributed by atoms with Gasteiger partial charge in [-0.1, -0.05) is 35.4 Å². The SMILES string of the molecule is Cc1ccc(NC(=O)n2cc(Nc3ccc(C)cc3)nc2N)cc1. The van der Waals surface area contributed by atoms with E-state index in [2.05, 4.69) is 15.6 Å². The van der Waals surface area contributed by atoms with E-state index in [9.17, 15) is 4.79 Å². The molecule has 1 heterocycles. The van der Waals surface area contributed by atoms with Crippen LogP contribution in [0.4, 0.5) is 27.9 Å². The lowest BCUT2D eigenvalue weighted by Crippen LogP contribution is -2.20. The summed E-state index contributed by atoms with van der Waals surface area (Å²) in [5.74, 6) is 0.629. The summed E-state index contributed by atoms with van der Waals surface area (Å²) in [6, 6.07) is 15.0. The second-order valence-corrected chi connectivity index (χ2v) is 5.64. The third-order valence-electron chi connectivity index (χ3n) is 3.58. The van der Waals surface area contributed by atoms with Crippen LogP contribution in [0.2, 0.25) is 0 Å². The summed E-state index contributed by atoms with van der Waals surface area (Å²) < 4.78 is 1.27. The van der Waals surface area contributed by atoms with E-state index >= 15 is 0 Å². The molecule has 1 aromatic heterocycles. The highest BCUT2D eigenvalue weighted by Crippen LogP contribution is 2.18. The number of hydrogen-bond acceptors (Lipinski definition) is 4. The predicted octanol–water partition coefficient (Wildman–Crippen LogP) is 3.91. The molecule has 0 aliphatic heterocycles. The van der Waals surface area contributed by atoms with E-state index in [-0.39, 0.29) is 12.0 Å². The first kappa shape index (κ1) is 15.6. The van der Waals surface area contributed by atoms with Crippen molar-refractivity contribution < 1.29 is 4.79 Å². The largest absolute Gasteiger partial charge is 0.369 e. The Kier molecular flexibility index (Phi) is 4.20. The summed E-state index contributed by atoms with van der Waals surface area (Å²) in [7, 11) is 0. The van der Waals surface area contributed by atoms with Crippen molar-refractivity contribution in [3.8, 4) is 0 Å². The minimum absolute atomic E-state index is 0.120. The molecule has 2 aromatic carbocycles. The number of nitrogens with one attached hydrogen (secondary N) is 2. The van der Waals surface area contributed by atoms with Crippen molar-refractivity contribution in [3.63, 3.8) is 0 Å². The first-order valence-electron chi connectivity index (χ1n) is 7.58. The van der Waals surface area contributed by atoms with Gasteiger partial charge in [0.1, 0.15) is 0 Å². The van der Waals surface area contributed by atoms with Gasteiger partial charge in [0.2, 0.25) is 5.95 Å². The highest BCUT2D eigenvalue weighted by Gasteiger charge is 2.12. The van der Waals surface area contributed by atoms with Crippen molar-refractivity contribution in [2.24, 2.45) is 0 Å². The predicted molar refractivity (Wildman–Crippen MR) is 96.7 cm³/mol. The zero-order valence-corrected chi connectivity index (χ0v) is 13.6. The van der Waals surface area contributed by atoms with E-state index in [4.69, 9.17) is 5.73 Å². The van der Waals surface area contributed by atoms with Crippen LogP contribution in [-0.4, -0.2) is 15.6 Å². The number of nitrogens with two attached hydrogens (primary N) is 1. The molecule has 6 nitrogen and oxygen atoms in total. The number of aromatic nitrogens is 2. The van der Waals surface area contributed by atoms with Crippen LogP contribution in [0, 0.1) is 13.8 Å². The van der Waals surface area contributed by atoms with Gasteiger partial charge in [-0.2, -0.15) is 4.98 Å². The lowest BCUT2D eigenvalue weighted by atomic mass is 10.2. The van der Waals surface area contributed by atoms with Gasteiger partial charge < -0.3 is 16.4 Å². The third kappa shape index (κ3) is 3.55. The van der Waals surface area contributed by atoms with Gasteiger partial charge >= 0.3 is 6.03 Å². The standard InChI is InChI=1S/C18H19N5O/c1-12-3-7-14(8-4-12)20-16-11-23(17(19)22-16)18(24)21-15-9-5-13(2)6-10-15/h3-11,20H,1-2H3,(H2,19,22)(H,21,24). The Bertz CT molecular complexity index is 850. The van der Waals surface area contributed by atoms with Crippen LogP contribution in [0.1, 0.15) is 11.1 Å². The van der Waals surface area contributed by atoms with E-state index in [0.717, 1.165) is 11.3 Å². The molecule has 0 fully saturated rings. The lowest BCUT2D eigenvalue weighted by molar-refractivity contribution is 0.254. The van der Waals surface area contributed by atoms with E-state index in [1.807, 2.05) is 62.4 Å². The monoisotopic (exact) mass is 321 g/mol. The maximum Gasteiger partial charge on any atom is 0.332 e. The molecule has 0 saturated carbocycles. The van der Waals surface area contributed by atoms with Crippen molar-refractivity contribution in [2.75, 3.05) is 16.4 Å². The second kappa shape index (κ2) is 6.45. The summed E-state index contributed by atoms with van der Waals surface area (Å²) >= 11 is 0. The van der Waals surface area contributed by atoms with E-state index < -0.39 is 0 Å². The number of rotatable bonds is 3. The Balaban J connectivity index is 1.74. The number of carbonyl (C=O) groups excluding carboxylic acids is 1. The van der Waals surface area contributed by atoms with Gasteiger partial charge in [0.25, 0.3) is 0 Å². The van der Waals surface area contributed by atoms with Crippen LogP contribution in [0.5, 0.6) is 0 Å². The molecule has 0 atom stereocenters. The molecule has 0 bridgehead atoms. The molecule has 0 spiro atoms. The number of benzene rings is 2. The molecule has 122 valence electrons. The van der Waals surface area contributed by atoms with Crippen molar-refractivity contribution >= 4 is 29.2 Å². The molecular weight excluding hydrogens is 302 g/mol. The van der Waals surface area contributed by atoms with Crippen LogP contribution < -0.4 is 16.4 Å². The number of imidazole rings is 1. The Morgan fingerprint density at radius 1 is 0.958 bits per heavy atom. The van der Waals surface area contributed by atoms with Gasteiger partial charge in [0.15, 0.2) is 5.82 Å². The van der Waals surface area contributed by atoms with Crippen LogP contribution in [-0.2, 0) is 0 Å². The van der Waals surface area contributed by atoms with Gasteiger partial charge in [-0.3, -0.25) is 0 Å². The number of nitrogens with zero attached hydrogens (tertiary/aromatic N) is 2. The van der Waals surface area contributed by atoms with Crippen LogP contribution >= 0.6 is 0 Å². The maximum atomic E-state index is 12.3. The fraction of sp³-hybridized carbons (Fsp3) is 0.111. The van der Waals surface area contributed by atoms with Crippen molar-refractivity contribution in [1.29, 1.82) is 0 Å². The molecule has 24 heavy (non-hydrogen) atoms. The topological polar surface area (TPSA) is 85.0 Å². The van der Waals surface area contributed by atoms with Crippen LogP contribution in [0.25, 0.3) is 0 Å². The van der Waals surface area contributed by atoms with Crippen molar-refractivity contribution in [3.05, 3.63) is 65.9 Å². The summed E-state index contributed by atoms with van der Waals surface area (Å²) in [5, 5.41) is 5.91. The number of hydrogen-bond donors (Lipinski definition) is 3. The summed E-state index contributed by atoms with van der Waals surface area (Å²) in [5.41, 5.74) is 9.72. The normalized spacial score (nSPS) is 10.4. The summed E-state index contributed by atoms with van der Waals surface area (Å²) in [4.78, 5) is 16.5. The average molecular weight is 321 g/mol. The van der Waals surface area contributed by atoms with E-state index in [1.54, 1.807) is 6.20 Å². The maximum absolute atomic E-state index is 12.3. The molecule has 3 rings (SSSR count). The fourth-order valence-electron chi connectivity index (χ4n) is 2.22. The van der Waals surface area contributed by atoms with Gasteiger partial charge in [0.05, 0.1) is 6.20 Å². The highest BCUT2D eigenvalue weighted by atomic mass is 16.2. The summed E-state index contributed by atoms with van der Waals surface area (Å²) in [6.45, 7) is 4.01. The molecule has 0 aliphatic carbocycles. The van der Waals surface area contributed by atoms with Crippen molar-refractivity contribution in [2.45, 2.75) is 13.8 Å². The molecular formula is C18H19N5O. The molecule has 0 saturated heterocycles. The molecule has 0 aliphatic rings. The number of nitrogen functional groups attached to an aromatic ring is 1. The second-order valence-electron chi connectivity index (χ2n) is 5.64. The van der Waals surface area contributed by atoms with Crippen LogP contribution in [0.3, 0.4) is 0 Å². The minimum atomic E-state index is -0.360. The lowest BCUT2D eigenvalue weighted by Gasteiger charge is -2.06. The Morgan fingerprint density at radius 3 is 2.08 bits per heavy atom. The highest BCUT2D eigenvalue weighted by molar-refractivity contribution is 5.93. The molecule has 0 unspecified atom stereocenters. The van der Waals surface area contributed by atoms with Gasteiger partial charge in [-0.15, -0.1) is 0 Å². The zero-order chi connectivity index (χ0) is 17.1. The molecule has 1 amide bonds. The number of aryl methyl sites for hydroxylation is 2. The molecule has 6 heteroatoms. The minimum Gasteiger partial charge on any atom is -0.369 e. The summed E-state index contributed by atoms with van der Waals surface area (Å²) in [6.07, 6.45) is 1.57. The zero-order valence-electron chi connectivity index (χ0n) is 13.6. The molecule has 0 radical (unpaired) electrons. The average Bonchev–Trinajstić information content (AvgIpc) is 2.92. The Labute approximate surface area is 140 Å². The molecule has 3 aromatic rings. The van der Waals surface area contributed by atoms with Crippen molar-refractivity contribution in [1.82, 2.24) is 9.55 Å². The first-order chi connectivity index (χ1) is 11.5. The van der Waals surface area contributed by atoms with Crippen LogP contribution in [0.15, 0.2) is 54.7 Å². The van der Waals surface area contributed by atoms with Gasteiger partial charge in [-0.05, 0) is 38.1 Å². The first-order valence-corrected chi connectivity index (χ1v) is 7.58. The molecule has 4 N–H and O–H groups in total. The number of amides is 1. The fourth-order valence-corrected chi connectivity index (χ4v) is 2.22. The third-order valence-corrected chi connectivity index (χ3v) is 3.58. The Morgan fingerprint density at radius 2 is 1.50 bits per heavy atom. The van der Waals surface area contributed by atoms with Gasteiger partial charge in [-0.25, -0.2) is 9.36 Å². The van der Waals surface area contributed by atoms with E-state index in [0.29, 0.717) is 11.5 Å². The number of carbonyl (C=O) groups is 1. The smallest absolute Gasteiger partial charge is 0.332 e. The van der Waals surface area contributed by atoms with E-state index in [1.165, 1.54) is 10.1 Å². The quantitative estimate of drug-likeness (QED) is 0.683. The Hall–Kier alpha value is -3.28.